The topological polar surface area (TPSA) is 54.9 Å². The first kappa shape index (κ1) is 9.27. The molecule has 1 aromatic heterocycles. The maximum absolute atomic E-state index is 11.5. The van der Waals surface area contributed by atoms with Crippen molar-refractivity contribution in [3.05, 3.63) is 24.3 Å². The second-order valence-electron chi connectivity index (χ2n) is 3.62. The lowest BCUT2D eigenvalue weighted by molar-refractivity contribution is 0.0990. The summed E-state index contributed by atoms with van der Waals surface area (Å²) in [5.41, 5.74) is 0.579. The van der Waals surface area contributed by atoms with Crippen LogP contribution in [-0.2, 0) is 0 Å². The van der Waals surface area contributed by atoms with Crippen molar-refractivity contribution in [1.29, 1.82) is 0 Å². The van der Waals surface area contributed by atoms with E-state index in [1.54, 1.807) is 12.4 Å². The summed E-state index contributed by atoms with van der Waals surface area (Å²) < 4.78 is 0. The van der Waals surface area contributed by atoms with E-state index < -0.39 is 0 Å². The van der Waals surface area contributed by atoms with Gasteiger partial charge in [0.1, 0.15) is 6.33 Å². The standard InChI is InChI=1S/C10H13N3O/c14-10(6-11-3-8-1-2-8)9-4-12-7-13-5-9/h4-5,7-8,11H,1-3,6H2. The van der Waals surface area contributed by atoms with Crippen LogP contribution in [-0.4, -0.2) is 28.8 Å². The third kappa shape index (κ3) is 2.60. The average molecular weight is 191 g/mol. The summed E-state index contributed by atoms with van der Waals surface area (Å²) in [6.07, 6.45) is 7.13. The molecule has 0 aliphatic heterocycles. The van der Waals surface area contributed by atoms with Crippen LogP contribution in [0.25, 0.3) is 0 Å². The molecule has 1 aliphatic carbocycles. The number of rotatable bonds is 5. The molecule has 0 saturated heterocycles. The predicted octanol–water partition coefficient (Wildman–Crippen LogP) is 0.659. The Kier molecular flexibility index (Phi) is 2.84. The van der Waals surface area contributed by atoms with E-state index in [0.29, 0.717) is 12.1 Å². The van der Waals surface area contributed by atoms with Gasteiger partial charge in [0.25, 0.3) is 0 Å². The van der Waals surface area contributed by atoms with Crippen LogP contribution in [0.15, 0.2) is 18.7 Å². The SMILES string of the molecule is O=C(CNCC1CC1)c1cncnc1. The molecule has 1 aromatic rings. The van der Waals surface area contributed by atoms with Crippen LogP contribution in [0.1, 0.15) is 23.2 Å². The van der Waals surface area contributed by atoms with Crippen molar-refractivity contribution in [2.75, 3.05) is 13.1 Å². The van der Waals surface area contributed by atoms with Crippen LogP contribution in [0, 0.1) is 5.92 Å². The number of nitrogens with zero attached hydrogens (tertiary/aromatic N) is 2. The zero-order valence-corrected chi connectivity index (χ0v) is 7.94. The second-order valence-corrected chi connectivity index (χ2v) is 3.62. The lowest BCUT2D eigenvalue weighted by atomic mass is 10.2. The van der Waals surface area contributed by atoms with E-state index in [4.69, 9.17) is 0 Å². The first-order valence-electron chi connectivity index (χ1n) is 4.85. The lowest BCUT2D eigenvalue weighted by Gasteiger charge is -2.01. The molecule has 1 fully saturated rings. The maximum atomic E-state index is 11.5. The van der Waals surface area contributed by atoms with Crippen molar-refractivity contribution in [2.45, 2.75) is 12.8 Å². The zero-order valence-electron chi connectivity index (χ0n) is 7.94. The first-order chi connectivity index (χ1) is 6.86. The average Bonchev–Trinajstić information content (AvgIpc) is 3.03. The van der Waals surface area contributed by atoms with Gasteiger partial charge >= 0.3 is 0 Å². The highest BCUT2D eigenvalue weighted by Gasteiger charge is 2.20. The van der Waals surface area contributed by atoms with Crippen LogP contribution in [0.5, 0.6) is 0 Å². The highest BCUT2D eigenvalue weighted by Crippen LogP contribution is 2.27. The number of ketones is 1. The van der Waals surface area contributed by atoms with Crippen molar-refractivity contribution in [1.82, 2.24) is 15.3 Å². The Hall–Kier alpha value is -1.29. The van der Waals surface area contributed by atoms with Crippen LogP contribution < -0.4 is 5.32 Å². The fraction of sp³-hybridized carbons (Fsp3) is 0.500. The van der Waals surface area contributed by atoms with Crippen LogP contribution in [0.3, 0.4) is 0 Å². The minimum absolute atomic E-state index is 0.0613. The highest BCUT2D eigenvalue weighted by atomic mass is 16.1. The van der Waals surface area contributed by atoms with E-state index in [9.17, 15) is 4.79 Å². The summed E-state index contributed by atoms with van der Waals surface area (Å²) in [6, 6.07) is 0. The minimum Gasteiger partial charge on any atom is -0.309 e. The predicted molar refractivity (Wildman–Crippen MR) is 52.0 cm³/mol. The zero-order chi connectivity index (χ0) is 9.80. The molecule has 1 N–H and O–H groups in total. The number of carbonyl (C=O) groups is 1. The molecule has 0 unspecified atom stereocenters. The van der Waals surface area contributed by atoms with Gasteiger partial charge in [-0.1, -0.05) is 0 Å². The van der Waals surface area contributed by atoms with Gasteiger partial charge in [0, 0.05) is 12.4 Å². The van der Waals surface area contributed by atoms with E-state index in [1.165, 1.54) is 19.2 Å². The largest absolute Gasteiger partial charge is 0.309 e. The van der Waals surface area contributed by atoms with E-state index in [2.05, 4.69) is 15.3 Å². The molecule has 4 heteroatoms. The molecule has 1 heterocycles. The van der Waals surface area contributed by atoms with Crippen molar-refractivity contribution < 1.29 is 4.79 Å². The molecule has 0 amide bonds. The van der Waals surface area contributed by atoms with Crippen molar-refractivity contribution in [3.63, 3.8) is 0 Å². The molecular formula is C10H13N3O. The van der Waals surface area contributed by atoms with Gasteiger partial charge in [-0.15, -0.1) is 0 Å². The number of hydrogen-bond acceptors (Lipinski definition) is 4. The molecule has 4 nitrogen and oxygen atoms in total. The molecular weight excluding hydrogens is 178 g/mol. The van der Waals surface area contributed by atoms with Gasteiger partial charge in [-0.2, -0.15) is 0 Å². The highest BCUT2D eigenvalue weighted by molar-refractivity contribution is 5.96. The summed E-state index contributed by atoms with van der Waals surface area (Å²) in [4.78, 5) is 19.1. The van der Waals surface area contributed by atoms with E-state index in [1.807, 2.05) is 0 Å². The van der Waals surface area contributed by atoms with Crippen molar-refractivity contribution >= 4 is 5.78 Å². The van der Waals surface area contributed by atoms with Gasteiger partial charge in [-0.05, 0) is 25.3 Å². The number of hydrogen-bond donors (Lipinski definition) is 1. The summed E-state index contributed by atoms with van der Waals surface area (Å²) in [7, 11) is 0. The molecule has 1 aliphatic rings. The number of aromatic nitrogens is 2. The molecule has 0 bridgehead atoms. The molecule has 1 saturated carbocycles. The fourth-order valence-electron chi connectivity index (χ4n) is 1.26. The van der Waals surface area contributed by atoms with Gasteiger partial charge < -0.3 is 5.32 Å². The van der Waals surface area contributed by atoms with Gasteiger partial charge in [-0.25, -0.2) is 9.97 Å². The number of Topliss-reactive ketones (excluding diaryl/α,β-unsaturated/α-hetero) is 1. The Labute approximate surface area is 82.8 Å². The van der Waals surface area contributed by atoms with E-state index in [-0.39, 0.29) is 5.78 Å². The van der Waals surface area contributed by atoms with Crippen LogP contribution in [0.2, 0.25) is 0 Å². The summed E-state index contributed by atoms with van der Waals surface area (Å²) in [5.74, 6) is 0.862. The van der Waals surface area contributed by atoms with Gasteiger partial charge in [0.05, 0.1) is 12.1 Å². The molecule has 74 valence electrons. The van der Waals surface area contributed by atoms with E-state index >= 15 is 0 Å². The molecule has 0 radical (unpaired) electrons. The smallest absolute Gasteiger partial charge is 0.179 e. The normalized spacial score (nSPS) is 15.4. The third-order valence-corrected chi connectivity index (χ3v) is 2.30. The number of carbonyl (C=O) groups excluding carboxylic acids is 1. The first-order valence-corrected chi connectivity index (χ1v) is 4.85. The Morgan fingerprint density at radius 1 is 1.43 bits per heavy atom. The van der Waals surface area contributed by atoms with Gasteiger partial charge in [0.15, 0.2) is 5.78 Å². The molecule has 14 heavy (non-hydrogen) atoms. The fourth-order valence-corrected chi connectivity index (χ4v) is 1.26. The van der Waals surface area contributed by atoms with Crippen LogP contribution >= 0.6 is 0 Å². The Morgan fingerprint density at radius 3 is 2.79 bits per heavy atom. The Balaban J connectivity index is 1.77. The van der Waals surface area contributed by atoms with Gasteiger partial charge in [-0.3, -0.25) is 4.79 Å². The molecule has 0 aromatic carbocycles. The monoisotopic (exact) mass is 191 g/mol. The van der Waals surface area contributed by atoms with E-state index in [0.717, 1.165) is 12.5 Å². The Morgan fingerprint density at radius 2 is 2.14 bits per heavy atom. The molecule has 2 rings (SSSR count). The minimum atomic E-state index is 0.0613. The second kappa shape index (κ2) is 4.28. The maximum Gasteiger partial charge on any atom is 0.179 e. The Bertz CT molecular complexity index is 308. The molecule has 0 atom stereocenters. The summed E-state index contributed by atoms with van der Waals surface area (Å²) in [6.45, 7) is 1.35. The summed E-state index contributed by atoms with van der Waals surface area (Å²) in [5, 5.41) is 3.14. The third-order valence-electron chi connectivity index (χ3n) is 2.30. The molecule has 0 spiro atoms. The lowest BCUT2D eigenvalue weighted by Crippen LogP contribution is -2.25. The van der Waals surface area contributed by atoms with Crippen molar-refractivity contribution in [2.24, 2.45) is 5.92 Å². The number of nitrogens with one attached hydrogen (secondary N) is 1. The van der Waals surface area contributed by atoms with Crippen molar-refractivity contribution in [3.8, 4) is 0 Å². The van der Waals surface area contributed by atoms with Gasteiger partial charge in [0.2, 0.25) is 0 Å². The quantitative estimate of drug-likeness (QED) is 0.695. The summed E-state index contributed by atoms with van der Waals surface area (Å²) >= 11 is 0. The van der Waals surface area contributed by atoms with Crippen LogP contribution in [0.4, 0.5) is 0 Å².